The number of anilines is 1. The van der Waals surface area contributed by atoms with Gasteiger partial charge in [0.05, 0.1) is 13.5 Å². The average molecular weight is 316 g/mol. The topological polar surface area (TPSA) is 67.4 Å². The summed E-state index contributed by atoms with van der Waals surface area (Å²) in [5, 5.41) is 5.20. The van der Waals surface area contributed by atoms with E-state index in [9.17, 15) is 14.0 Å². The van der Waals surface area contributed by atoms with Crippen LogP contribution < -0.4 is 15.4 Å². The number of halogens is 1. The minimum atomic E-state index is -0.514. The van der Waals surface area contributed by atoms with Crippen LogP contribution in [0.5, 0.6) is 5.75 Å². The van der Waals surface area contributed by atoms with Gasteiger partial charge in [0.1, 0.15) is 0 Å². The zero-order valence-corrected chi connectivity index (χ0v) is 12.9. The van der Waals surface area contributed by atoms with Crippen LogP contribution in [0.4, 0.5) is 10.1 Å². The summed E-state index contributed by atoms with van der Waals surface area (Å²) in [5.41, 5.74) is 1.48. The molecule has 0 aromatic heterocycles. The highest BCUT2D eigenvalue weighted by atomic mass is 19.1. The van der Waals surface area contributed by atoms with Crippen LogP contribution >= 0.6 is 0 Å². The Morgan fingerprint density at radius 1 is 1.17 bits per heavy atom. The second-order valence-electron chi connectivity index (χ2n) is 4.85. The Hall–Kier alpha value is -2.89. The molecule has 120 valence electrons. The quantitative estimate of drug-likeness (QED) is 0.890. The average Bonchev–Trinajstić information content (AvgIpc) is 2.54. The number of nitrogens with one attached hydrogen (secondary N) is 2. The summed E-state index contributed by atoms with van der Waals surface area (Å²) in [6.07, 6.45) is 0.0190. The predicted octanol–water partition coefficient (Wildman–Crippen LogP) is 2.38. The molecule has 0 unspecified atom stereocenters. The molecule has 2 N–H and O–H groups in total. The molecule has 0 heterocycles. The lowest BCUT2D eigenvalue weighted by Crippen LogP contribution is -2.19. The fourth-order valence-electron chi connectivity index (χ4n) is 2.09. The van der Waals surface area contributed by atoms with Crippen molar-refractivity contribution in [1.82, 2.24) is 5.32 Å². The number of hydrogen-bond acceptors (Lipinski definition) is 3. The van der Waals surface area contributed by atoms with Crippen LogP contribution in [0.2, 0.25) is 0 Å². The van der Waals surface area contributed by atoms with Crippen molar-refractivity contribution >= 4 is 17.5 Å². The van der Waals surface area contributed by atoms with Gasteiger partial charge in [-0.15, -0.1) is 0 Å². The molecule has 2 aromatic carbocycles. The van der Waals surface area contributed by atoms with Crippen LogP contribution in [0.1, 0.15) is 15.9 Å². The molecule has 2 aromatic rings. The van der Waals surface area contributed by atoms with Crippen LogP contribution in [-0.2, 0) is 11.2 Å². The van der Waals surface area contributed by atoms with E-state index in [0.29, 0.717) is 16.8 Å². The highest BCUT2D eigenvalue weighted by Crippen LogP contribution is 2.18. The van der Waals surface area contributed by atoms with Crippen LogP contribution in [0.25, 0.3) is 0 Å². The zero-order chi connectivity index (χ0) is 16.8. The number of benzene rings is 2. The summed E-state index contributed by atoms with van der Waals surface area (Å²) in [7, 11) is 2.91. The number of ether oxygens (including phenoxy) is 1. The first-order valence-corrected chi connectivity index (χ1v) is 6.98. The molecule has 0 saturated heterocycles. The molecule has 2 rings (SSSR count). The zero-order valence-electron chi connectivity index (χ0n) is 12.9. The molecule has 0 atom stereocenters. The van der Waals surface area contributed by atoms with Gasteiger partial charge in [-0.25, -0.2) is 4.39 Å². The lowest BCUT2D eigenvalue weighted by atomic mass is 10.1. The summed E-state index contributed by atoms with van der Waals surface area (Å²) in [6.45, 7) is 0. The van der Waals surface area contributed by atoms with Crippen LogP contribution in [0, 0.1) is 5.82 Å². The first-order chi connectivity index (χ1) is 11.0. The summed E-state index contributed by atoms with van der Waals surface area (Å²) >= 11 is 0. The molecule has 2 amide bonds. The van der Waals surface area contributed by atoms with Crippen LogP contribution in [0.3, 0.4) is 0 Å². The molecule has 0 spiro atoms. The monoisotopic (exact) mass is 316 g/mol. The standard InChI is InChI=1S/C17H17FN2O3/c1-19-17(22)12-4-3-5-13(10-12)20-16(21)9-11-6-7-15(23-2)14(18)8-11/h3-8,10H,9H2,1-2H3,(H,19,22)(H,20,21). The van der Waals surface area contributed by atoms with E-state index in [1.54, 1.807) is 30.3 Å². The SMILES string of the molecule is CNC(=O)c1cccc(NC(=O)Cc2ccc(OC)c(F)c2)c1. The summed E-state index contributed by atoms with van der Waals surface area (Å²) < 4.78 is 18.4. The van der Waals surface area contributed by atoms with Gasteiger partial charge in [-0.1, -0.05) is 12.1 Å². The van der Waals surface area contributed by atoms with Crippen molar-refractivity contribution in [3.63, 3.8) is 0 Å². The van der Waals surface area contributed by atoms with E-state index >= 15 is 0 Å². The predicted molar refractivity (Wildman–Crippen MR) is 85.1 cm³/mol. The molecule has 0 aliphatic heterocycles. The van der Waals surface area contributed by atoms with Gasteiger partial charge in [-0.3, -0.25) is 9.59 Å². The van der Waals surface area contributed by atoms with Gasteiger partial charge < -0.3 is 15.4 Å². The molecule has 0 aliphatic carbocycles. The van der Waals surface area contributed by atoms with Crippen molar-refractivity contribution in [1.29, 1.82) is 0 Å². The van der Waals surface area contributed by atoms with E-state index in [2.05, 4.69) is 10.6 Å². The van der Waals surface area contributed by atoms with Crippen LogP contribution in [-0.4, -0.2) is 26.0 Å². The van der Waals surface area contributed by atoms with E-state index in [1.807, 2.05) is 0 Å². The Morgan fingerprint density at radius 2 is 1.96 bits per heavy atom. The van der Waals surface area contributed by atoms with E-state index in [1.165, 1.54) is 26.3 Å². The molecule has 0 aliphatic rings. The number of hydrogen-bond donors (Lipinski definition) is 2. The normalized spacial score (nSPS) is 10.0. The van der Waals surface area contributed by atoms with Crippen molar-refractivity contribution in [2.24, 2.45) is 0 Å². The molecule has 0 bridgehead atoms. The third-order valence-corrected chi connectivity index (χ3v) is 3.22. The van der Waals surface area contributed by atoms with Gasteiger partial charge in [0.15, 0.2) is 11.6 Å². The number of rotatable bonds is 5. The van der Waals surface area contributed by atoms with E-state index in [0.717, 1.165) is 0 Å². The maximum Gasteiger partial charge on any atom is 0.251 e. The minimum absolute atomic E-state index is 0.0190. The van der Waals surface area contributed by atoms with Gasteiger partial charge >= 0.3 is 0 Å². The molecular weight excluding hydrogens is 299 g/mol. The van der Waals surface area contributed by atoms with Crippen LogP contribution in [0.15, 0.2) is 42.5 Å². The summed E-state index contributed by atoms with van der Waals surface area (Å²) in [4.78, 5) is 23.6. The van der Waals surface area contributed by atoms with Crippen molar-refractivity contribution in [2.45, 2.75) is 6.42 Å². The molecular formula is C17H17FN2O3. The first kappa shape index (κ1) is 16.5. The fourth-order valence-corrected chi connectivity index (χ4v) is 2.09. The number of carbonyl (C=O) groups is 2. The lowest BCUT2D eigenvalue weighted by Gasteiger charge is -2.08. The highest BCUT2D eigenvalue weighted by molar-refractivity contribution is 5.97. The Labute approximate surface area is 133 Å². The van der Waals surface area contributed by atoms with Gasteiger partial charge in [0.2, 0.25) is 5.91 Å². The van der Waals surface area contributed by atoms with Gasteiger partial charge in [-0.05, 0) is 35.9 Å². The fraction of sp³-hybridized carbons (Fsp3) is 0.176. The van der Waals surface area contributed by atoms with Gasteiger partial charge in [0, 0.05) is 18.3 Å². The number of amides is 2. The maximum atomic E-state index is 13.6. The summed E-state index contributed by atoms with van der Waals surface area (Å²) in [6, 6.07) is 10.9. The molecule has 23 heavy (non-hydrogen) atoms. The lowest BCUT2D eigenvalue weighted by molar-refractivity contribution is -0.115. The second kappa shape index (κ2) is 7.40. The van der Waals surface area contributed by atoms with Crippen molar-refractivity contribution in [2.75, 3.05) is 19.5 Å². The van der Waals surface area contributed by atoms with E-state index in [-0.39, 0.29) is 24.0 Å². The van der Waals surface area contributed by atoms with Crippen molar-refractivity contribution in [3.05, 3.63) is 59.4 Å². The second-order valence-corrected chi connectivity index (χ2v) is 4.85. The van der Waals surface area contributed by atoms with Gasteiger partial charge in [0.25, 0.3) is 5.91 Å². The molecule has 0 saturated carbocycles. The smallest absolute Gasteiger partial charge is 0.251 e. The maximum absolute atomic E-state index is 13.6. The van der Waals surface area contributed by atoms with Crippen molar-refractivity contribution in [3.8, 4) is 5.75 Å². The molecule has 6 heteroatoms. The summed E-state index contributed by atoms with van der Waals surface area (Å²) in [5.74, 6) is -0.922. The molecule has 0 radical (unpaired) electrons. The third kappa shape index (κ3) is 4.29. The Balaban J connectivity index is 2.05. The van der Waals surface area contributed by atoms with Crippen molar-refractivity contribution < 1.29 is 18.7 Å². The van der Waals surface area contributed by atoms with Gasteiger partial charge in [-0.2, -0.15) is 0 Å². The Morgan fingerprint density at radius 3 is 2.61 bits per heavy atom. The Bertz CT molecular complexity index is 732. The molecule has 5 nitrogen and oxygen atoms in total. The first-order valence-electron chi connectivity index (χ1n) is 6.98. The third-order valence-electron chi connectivity index (χ3n) is 3.22. The minimum Gasteiger partial charge on any atom is -0.494 e. The van der Waals surface area contributed by atoms with E-state index < -0.39 is 5.82 Å². The van der Waals surface area contributed by atoms with E-state index in [4.69, 9.17) is 4.74 Å². The Kier molecular flexibility index (Phi) is 5.30. The highest BCUT2D eigenvalue weighted by Gasteiger charge is 2.09. The largest absolute Gasteiger partial charge is 0.494 e. The number of methoxy groups -OCH3 is 1. The molecule has 0 fully saturated rings. The number of carbonyl (C=O) groups excluding carboxylic acids is 2.